The van der Waals surface area contributed by atoms with Gasteiger partial charge in [0.25, 0.3) is 0 Å². The first-order chi connectivity index (χ1) is 8.69. The van der Waals surface area contributed by atoms with Crippen LogP contribution in [-0.2, 0) is 9.53 Å². The first-order valence-electron chi connectivity index (χ1n) is 7.01. The second kappa shape index (κ2) is 8.45. The Kier molecular flexibility index (Phi) is 7.23. The quantitative estimate of drug-likeness (QED) is 0.638. The van der Waals surface area contributed by atoms with Crippen LogP contribution in [0.3, 0.4) is 0 Å². The lowest BCUT2D eigenvalue weighted by Gasteiger charge is -2.37. The van der Waals surface area contributed by atoms with Gasteiger partial charge in [-0.2, -0.15) is 0 Å². The molecule has 1 heterocycles. The molecule has 3 N–H and O–H groups in total. The van der Waals surface area contributed by atoms with Crippen LogP contribution in [0.1, 0.15) is 26.7 Å². The number of nitrogens with one attached hydrogen (secondary N) is 1. The van der Waals surface area contributed by atoms with E-state index in [2.05, 4.69) is 17.1 Å². The summed E-state index contributed by atoms with van der Waals surface area (Å²) in [6, 6.07) is 0.467. The molecule has 0 aromatic heterocycles. The minimum absolute atomic E-state index is 0.0765. The summed E-state index contributed by atoms with van der Waals surface area (Å²) in [6.07, 6.45) is 1.57. The third-order valence-electron chi connectivity index (χ3n) is 3.31. The largest absolute Gasteiger partial charge is 0.466 e. The molecule has 1 saturated heterocycles. The van der Waals surface area contributed by atoms with Gasteiger partial charge in [0.1, 0.15) is 0 Å². The van der Waals surface area contributed by atoms with E-state index in [1.165, 1.54) is 0 Å². The predicted molar refractivity (Wildman–Crippen MR) is 72.3 cm³/mol. The van der Waals surface area contributed by atoms with E-state index >= 15 is 0 Å². The molecule has 18 heavy (non-hydrogen) atoms. The van der Waals surface area contributed by atoms with E-state index in [9.17, 15) is 4.79 Å². The van der Waals surface area contributed by atoms with Gasteiger partial charge in [-0.25, -0.2) is 0 Å². The highest BCUT2D eigenvalue weighted by Crippen LogP contribution is 2.20. The van der Waals surface area contributed by atoms with Crippen LogP contribution in [-0.4, -0.2) is 56.2 Å². The predicted octanol–water partition coefficient (Wildman–Crippen LogP) is 0.198. The lowest BCUT2D eigenvalue weighted by Crippen LogP contribution is -2.50. The van der Waals surface area contributed by atoms with E-state index in [1.807, 2.05) is 6.92 Å². The van der Waals surface area contributed by atoms with E-state index in [-0.39, 0.29) is 5.97 Å². The molecular formula is C13H27N3O2. The van der Waals surface area contributed by atoms with Crippen molar-refractivity contribution in [1.82, 2.24) is 10.2 Å². The molecule has 2 atom stereocenters. The van der Waals surface area contributed by atoms with Gasteiger partial charge in [-0.15, -0.1) is 0 Å². The van der Waals surface area contributed by atoms with Gasteiger partial charge in [-0.1, -0.05) is 6.92 Å². The fourth-order valence-corrected chi connectivity index (χ4v) is 2.71. The highest BCUT2D eigenvalue weighted by molar-refractivity contribution is 5.69. The van der Waals surface area contributed by atoms with Gasteiger partial charge >= 0.3 is 5.97 Å². The van der Waals surface area contributed by atoms with Crippen molar-refractivity contribution >= 4 is 5.97 Å². The Morgan fingerprint density at radius 2 is 2.22 bits per heavy atom. The van der Waals surface area contributed by atoms with Gasteiger partial charge in [0.2, 0.25) is 0 Å². The van der Waals surface area contributed by atoms with Crippen LogP contribution in [0, 0.1) is 5.92 Å². The maximum atomic E-state index is 11.6. The molecule has 0 aliphatic carbocycles. The number of rotatable bonds is 7. The zero-order valence-corrected chi connectivity index (χ0v) is 11.7. The molecule has 2 unspecified atom stereocenters. The number of nitrogens with two attached hydrogens (primary N) is 1. The molecule has 5 heteroatoms. The molecule has 0 radical (unpaired) electrons. The number of likely N-dealkylation sites (N-methyl/N-ethyl adjacent to an activating group) is 1. The van der Waals surface area contributed by atoms with Crippen LogP contribution in [0.4, 0.5) is 0 Å². The van der Waals surface area contributed by atoms with Crippen molar-refractivity contribution in [2.75, 3.05) is 39.3 Å². The minimum Gasteiger partial charge on any atom is -0.466 e. The minimum atomic E-state index is -0.0765. The first kappa shape index (κ1) is 15.4. The van der Waals surface area contributed by atoms with E-state index in [1.54, 1.807) is 0 Å². The molecule has 1 fully saturated rings. The number of piperidine rings is 1. The highest BCUT2D eigenvalue weighted by Gasteiger charge is 2.28. The standard InChI is InChI=1S/C13H27N3O2/c1-3-15-12-7-11(8-13(17)18-4-2)9-16(10-12)6-5-14/h11-12,15H,3-10,14H2,1-2H3. The van der Waals surface area contributed by atoms with E-state index < -0.39 is 0 Å². The van der Waals surface area contributed by atoms with Crippen LogP contribution >= 0.6 is 0 Å². The van der Waals surface area contributed by atoms with Gasteiger partial charge in [0, 0.05) is 38.6 Å². The normalized spacial score (nSPS) is 25.1. The van der Waals surface area contributed by atoms with Gasteiger partial charge in [-0.3, -0.25) is 4.79 Å². The number of esters is 1. The van der Waals surface area contributed by atoms with Crippen LogP contribution < -0.4 is 11.1 Å². The van der Waals surface area contributed by atoms with Gasteiger partial charge < -0.3 is 20.7 Å². The smallest absolute Gasteiger partial charge is 0.306 e. The zero-order chi connectivity index (χ0) is 13.4. The fourth-order valence-electron chi connectivity index (χ4n) is 2.71. The first-order valence-corrected chi connectivity index (χ1v) is 7.01. The van der Waals surface area contributed by atoms with Gasteiger partial charge in [0.05, 0.1) is 6.61 Å². The molecule has 0 aromatic carbocycles. The second-order valence-corrected chi connectivity index (χ2v) is 4.91. The molecule has 1 rings (SSSR count). The summed E-state index contributed by atoms with van der Waals surface area (Å²) in [5.41, 5.74) is 5.62. The van der Waals surface area contributed by atoms with Crippen molar-refractivity contribution in [3.8, 4) is 0 Å². The van der Waals surface area contributed by atoms with Crippen molar-refractivity contribution in [3.05, 3.63) is 0 Å². The molecule has 5 nitrogen and oxygen atoms in total. The Bertz CT molecular complexity index is 234. The van der Waals surface area contributed by atoms with Crippen molar-refractivity contribution in [2.45, 2.75) is 32.7 Å². The Labute approximate surface area is 110 Å². The van der Waals surface area contributed by atoms with E-state index in [0.717, 1.165) is 32.6 Å². The number of carbonyl (C=O) groups is 1. The summed E-state index contributed by atoms with van der Waals surface area (Å²) in [5, 5.41) is 3.47. The number of hydrogen-bond donors (Lipinski definition) is 2. The Balaban J connectivity index is 2.46. The van der Waals surface area contributed by atoms with Crippen LogP contribution in [0.25, 0.3) is 0 Å². The molecule has 0 spiro atoms. The summed E-state index contributed by atoms with van der Waals surface area (Å²) in [5.74, 6) is 0.306. The molecule has 0 bridgehead atoms. The molecule has 0 saturated carbocycles. The van der Waals surface area contributed by atoms with Crippen molar-refractivity contribution in [3.63, 3.8) is 0 Å². The zero-order valence-electron chi connectivity index (χ0n) is 11.7. The molecule has 1 aliphatic rings. The molecule has 0 aromatic rings. The second-order valence-electron chi connectivity index (χ2n) is 4.91. The summed E-state index contributed by atoms with van der Waals surface area (Å²) in [6.45, 7) is 8.96. The number of nitrogens with zero attached hydrogens (tertiary/aromatic N) is 1. The van der Waals surface area contributed by atoms with Crippen LogP contribution in [0.2, 0.25) is 0 Å². The Morgan fingerprint density at radius 3 is 2.83 bits per heavy atom. The lowest BCUT2D eigenvalue weighted by molar-refractivity contribution is -0.144. The highest BCUT2D eigenvalue weighted by atomic mass is 16.5. The maximum Gasteiger partial charge on any atom is 0.306 e. The van der Waals surface area contributed by atoms with Crippen molar-refractivity contribution < 1.29 is 9.53 Å². The van der Waals surface area contributed by atoms with E-state index in [0.29, 0.717) is 31.5 Å². The topological polar surface area (TPSA) is 67.6 Å². The van der Waals surface area contributed by atoms with E-state index in [4.69, 9.17) is 10.5 Å². The summed E-state index contributed by atoms with van der Waals surface area (Å²) in [4.78, 5) is 13.9. The molecule has 0 amide bonds. The molecule has 1 aliphatic heterocycles. The lowest BCUT2D eigenvalue weighted by atomic mass is 9.91. The van der Waals surface area contributed by atoms with Crippen LogP contribution in [0.15, 0.2) is 0 Å². The SMILES string of the molecule is CCNC1CC(CC(=O)OCC)CN(CCN)C1. The van der Waals surface area contributed by atoms with Crippen molar-refractivity contribution in [1.29, 1.82) is 0 Å². The van der Waals surface area contributed by atoms with Gasteiger partial charge in [0.15, 0.2) is 0 Å². The number of carbonyl (C=O) groups excluding carboxylic acids is 1. The molecule has 106 valence electrons. The summed E-state index contributed by atoms with van der Waals surface area (Å²) >= 11 is 0. The number of ether oxygens (including phenoxy) is 1. The van der Waals surface area contributed by atoms with Crippen molar-refractivity contribution in [2.24, 2.45) is 11.7 Å². The number of hydrogen-bond acceptors (Lipinski definition) is 5. The third-order valence-corrected chi connectivity index (χ3v) is 3.31. The summed E-state index contributed by atoms with van der Waals surface area (Å²) in [7, 11) is 0. The summed E-state index contributed by atoms with van der Waals surface area (Å²) < 4.78 is 5.03. The van der Waals surface area contributed by atoms with Crippen LogP contribution in [0.5, 0.6) is 0 Å². The Hall–Kier alpha value is -0.650. The third kappa shape index (κ3) is 5.33. The molecular weight excluding hydrogens is 230 g/mol. The maximum absolute atomic E-state index is 11.6. The number of likely N-dealkylation sites (tertiary alicyclic amines) is 1. The Morgan fingerprint density at radius 1 is 1.44 bits per heavy atom. The average molecular weight is 257 g/mol. The fraction of sp³-hybridized carbons (Fsp3) is 0.923. The monoisotopic (exact) mass is 257 g/mol. The van der Waals surface area contributed by atoms with Gasteiger partial charge in [-0.05, 0) is 25.8 Å². The average Bonchev–Trinajstić information content (AvgIpc) is 2.29.